The number of hydrogen-bond donors (Lipinski definition) is 1. The number of allylic oxidation sites excluding steroid dienone is 1. The predicted octanol–water partition coefficient (Wildman–Crippen LogP) is 3.77. The molecule has 0 amide bonds. The Balaban J connectivity index is 2.22. The molecule has 0 aliphatic carbocycles. The number of carbonyl (C=O) groups excluding carboxylic acids is 1. The first-order valence-corrected chi connectivity index (χ1v) is 7.98. The van der Waals surface area contributed by atoms with E-state index in [1.54, 1.807) is 30.3 Å². The fourth-order valence-electron chi connectivity index (χ4n) is 2.23. The minimum Gasteiger partial charge on any atom is -0.494 e. The standard InChI is InChI=1S/C20H21NO3/c1-3-21-18-8-6-5-7-17(20(18)23)19(22)14-11-15-9-12-16(13-10-15)24-4-2/h5-14H,3-4H2,1-2H3,(H,21,23). The fraction of sp³-hybridized carbons (Fsp3) is 0.200. The Kier molecular flexibility index (Phi) is 6.32. The number of carbonyl (C=O) groups is 1. The lowest BCUT2D eigenvalue weighted by Crippen LogP contribution is -2.15. The summed E-state index contributed by atoms with van der Waals surface area (Å²) in [7, 11) is 0. The van der Waals surface area contributed by atoms with Crippen LogP contribution in [0.15, 0.2) is 59.4 Å². The zero-order valence-electron chi connectivity index (χ0n) is 13.9. The summed E-state index contributed by atoms with van der Waals surface area (Å²) in [6.07, 6.45) is 3.11. The van der Waals surface area contributed by atoms with Gasteiger partial charge in [-0.1, -0.05) is 30.3 Å². The predicted molar refractivity (Wildman–Crippen MR) is 97.9 cm³/mol. The third kappa shape index (κ3) is 4.56. The van der Waals surface area contributed by atoms with Crippen LogP contribution in [-0.2, 0) is 0 Å². The van der Waals surface area contributed by atoms with Crippen LogP contribution in [0.4, 0.5) is 5.69 Å². The highest BCUT2D eigenvalue weighted by molar-refractivity contribution is 6.07. The van der Waals surface area contributed by atoms with Crippen molar-refractivity contribution in [3.63, 3.8) is 0 Å². The van der Waals surface area contributed by atoms with Crippen LogP contribution >= 0.6 is 0 Å². The molecule has 4 heteroatoms. The smallest absolute Gasteiger partial charge is 0.212 e. The molecule has 24 heavy (non-hydrogen) atoms. The maximum Gasteiger partial charge on any atom is 0.212 e. The molecule has 2 aromatic rings. The summed E-state index contributed by atoms with van der Waals surface area (Å²) in [5, 5.41) is 2.98. The van der Waals surface area contributed by atoms with Gasteiger partial charge in [-0.05, 0) is 49.8 Å². The van der Waals surface area contributed by atoms with Gasteiger partial charge in [0, 0.05) is 6.54 Å². The van der Waals surface area contributed by atoms with Gasteiger partial charge in [0.15, 0.2) is 5.78 Å². The van der Waals surface area contributed by atoms with Crippen LogP contribution in [0.25, 0.3) is 6.08 Å². The van der Waals surface area contributed by atoms with Crippen molar-refractivity contribution >= 4 is 17.5 Å². The van der Waals surface area contributed by atoms with Crippen LogP contribution in [0.1, 0.15) is 29.8 Å². The van der Waals surface area contributed by atoms with Gasteiger partial charge in [0.2, 0.25) is 5.43 Å². The molecule has 0 heterocycles. The van der Waals surface area contributed by atoms with Gasteiger partial charge in [0.25, 0.3) is 0 Å². The van der Waals surface area contributed by atoms with Gasteiger partial charge in [-0.2, -0.15) is 0 Å². The lowest BCUT2D eigenvalue weighted by atomic mass is 10.1. The van der Waals surface area contributed by atoms with E-state index in [9.17, 15) is 9.59 Å². The Morgan fingerprint density at radius 1 is 1.08 bits per heavy atom. The zero-order chi connectivity index (χ0) is 17.4. The Hall–Kier alpha value is -2.88. The summed E-state index contributed by atoms with van der Waals surface area (Å²) >= 11 is 0. The van der Waals surface area contributed by atoms with Gasteiger partial charge in [-0.25, -0.2) is 0 Å². The van der Waals surface area contributed by atoms with E-state index in [1.807, 2.05) is 38.1 Å². The van der Waals surface area contributed by atoms with Gasteiger partial charge in [0.05, 0.1) is 17.9 Å². The van der Waals surface area contributed by atoms with Gasteiger partial charge < -0.3 is 10.1 Å². The SMILES string of the molecule is CCNc1ccccc(C(=O)C=Cc2ccc(OCC)cc2)c1=O. The van der Waals surface area contributed by atoms with Crippen molar-refractivity contribution in [2.45, 2.75) is 13.8 Å². The van der Waals surface area contributed by atoms with Crippen LogP contribution in [0.5, 0.6) is 5.75 Å². The molecule has 0 saturated carbocycles. The van der Waals surface area contributed by atoms with E-state index in [2.05, 4.69) is 5.32 Å². The summed E-state index contributed by atoms with van der Waals surface area (Å²) in [4.78, 5) is 24.8. The molecule has 2 rings (SSSR count). The van der Waals surface area contributed by atoms with E-state index < -0.39 is 0 Å². The normalized spacial score (nSPS) is 10.6. The third-order valence-electron chi connectivity index (χ3n) is 3.38. The Morgan fingerprint density at radius 2 is 1.79 bits per heavy atom. The van der Waals surface area contributed by atoms with E-state index in [4.69, 9.17) is 4.74 Å². The molecule has 0 unspecified atom stereocenters. The lowest BCUT2D eigenvalue weighted by molar-refractivity contribution is 0.104. The summed E-state index contributed by atoms with van der Waals surface area (Å²) in [5.41, 5.74) is 1.16. The highest BCUT2D eigenvalue weighted by Crippen LogP contribution is 2.13. The van der Waals surface area contributed by atoms with Crippen molar-refractivity contribution in [2.75, 3.05) is 18.5 Å². The largest absolute Gasteiger partial charge is 0.494 e. The second-order valence-corrected chi connectivity index (χ2v) is 5.10. The number of anilines is 1. The number of rotatable bonds is 7. The molecule has 0 radical (unpaired) electrons. The summed E-state index contributed by atoms with van der Waals surface area (Å²) in [5.74, 6) is 0.470. The van der Waals surface area contributed by atoms with Crippen LogP contribution in [0, 0.1) is 0 Å². The van der Waals surface area contributed by atoms with Gasteiger partial charge in [-0.3, -0.25) is 9.59 Å². The Bertz CT molecular complexity index is 780. The maximum atomic E-state index is 12.4. The summed E-state index contributed by atoms with van der Waals surface area (Å²) < 4.78 is 5.38. The minimum atomic E-state index is -0.316. The third-order valence-corrected chi connectivity index (χ3v) is 3.38. The van der Waals surface area contributed by atoms with Crippen molar-refractivity contribution in [2.24, 2.45) is 0 Å². The van der Waals surface area contributed by atoms with Crippen molar-refractivity contribution < 1.29 is 9.53 Å². The van der Waals surface area contributed by atoms with Gasteiger partial charge >= 0.3 is 0 Å². The second-order valence-electron chi connectivity index (χ2n) is 5.10. The molecule has 0 fully saturated rings. The molecule has 0 aliphatic rings. The van der Waals surface area contributed by atoms with E-state index in [1.165, 1.54) is 6.08 Å². The average Bonchev–Trinajstić information content (AvgIpc) is 2.77. The number of benzene rings is 1. The number of ketones is 1. The van der Waals surface area contributed by atoms with Crippen LogP contribution in [0.3, 0.4) is 0 Å². The number of nitrogens with one attached hydrogen (secondary N) is 1. The molecule has 0 bridgehead atoms. The molecule has 0 atom stereocenters. The fourth-order valence-corrected chi connectivity index (χ4v) is 2.23. The first-order chi connectivity index (χ1) is 11.7. The van der Waals surface area contributed by atoms with E-state index >= 15 is 0 Å². The van der Waals surface area contributed by atoms with E-state index in [0.29, 0.717) is 18.8 Å². The van der Waals surface area contributed by atoms with Crippen molar-refractivity contribution in [1.29, 1.82) is 0 Å². The minimum absolute atomic E-state index is 0.151. The maximum absolute atomic E-state index is 12.4. The highest BCUT2D eigenvalue weighted by Gasteiger charge is 2.08. The Morgan fingerprint density at radius 3 is 2.46 bits per heavy atom. The van der Waals surface area contributed by atoms with Crippen molar-refractivity contribution in [3.8, 4) is 5.75 Å². The molecule has 124 valence electrons. The number of ether oxygens (including phenoxy) is 1. The quantitative estimate of drug-likeness (QED) is 0.622. The monoisotopic (exact) mass is 323 g/mol. The first-order valence-electron chi connectivity index (χ1n) is 7.98. The summed E-state index contributed by atoms with van der Waals surface area (Å²) in [6, 6.07) is 14.1. The lowest BCUT2D eigenvalue weighted by Gasteiger charge is -2.02. The van der Waals surface area contributed by atoms with Gasteiger partial charge in [-0.15, -0.1) is 0 Å². The number of hydrogen-bond acceptors (Lipinski definition) is 4. The van der Waals surface area contributed by atoms with Gasteiger partial charge in [0.1, 0.15) is 5.75 Å². The van der Waals surface area contributed by atoms with Crippen LogP contribution in [0.2, 0.25) is 0 Å². The Labute approximate surface area is 141 Å². The van der Waals surface area contributed by atoms with Crippen molar-refractivity contribution in [1.82, 2.24) is 0 Å². The summed E-state index contributed by atoms with van der Waals surface area (Å²) in [6.45, 7) is 5.06. The van der Waals surface area contributed by atoms with Crippen molar-refractivity contribution in [3.05, 3.63) is 76.0 Å². The molecule has 2 aromatic carbocycles. The molecule has 0 spiro atoms. The highest BCUT2D eigenvalue weighted by atomic mass is 16.5. The average molecular weight is 323 g/mol. The molecular formula is C20H21NO3. The van der Waals surface area contributed by atoms with E-state index in [-0.39, 0.29) is 16.8 Å². The first kappa shape index (κ1) is 17.5. The molecular weight excluding hydrogens is 302 g/mol. The molecule has 0 saturated heterocycles. The second kappa shape index (κ2) is 8.67. The van der Waals surface area contributed by atoms with Crippen LogP contribution in [-0.4, -0.2) is 18.9 Å². The molecule has 1 N–H and O–H groups in total. The van der Waals surface area contributed by atoms with E-state index in [0.717, 1.165) is 11.3 Å². The van der Waals surface area contributed by atoms with Crippen LogP contribution < -0.4 is 15.5 Å². The topological polar surface area (TPSA) is 55.4 Å². The molecule has 4 nitrogen and oxygen atoms in total. The molecule has 0 aromatic heterocycles. The zero-order valence-corrected chi connectivity index (χ0v) is 13.9. The molecule has 0 aliphatic heterocycles.